The van der Waals surface area contributed by atoms with Crippen molar-refractivity contribution >= 4 is 10.8 Å². The Morgan fingerprint density at radius 1 is 1.05 bits per heavy atom. The molecule has 1 fully saturated rings. The molecular weight excluding hydrogens is 234 g/mol. The summed E-state index contributed by atoms with van der Waals surface area (Å²) in [5, 5.41) is 2.51. The number of fused-ring (bicyclic) bond motifs is 1. The van der Waals surface area contributed by atoms with Gasteiger partial charge in [-0.1, -0.05) is 30.3 Å². The molecule has 0 bridgehead atoms. The van der Waals surface area contributed by atoms with Crippen molar-refractivity contribution < 1.29 is 4.74 Å². The fraction of sp³-hybridized carbons (Fsp3) is 0.412. The monoisotopic (exact) mass is 255 g/mol. The van der Waals surface area contributed by atoms with Gasteiger partial charge in [0.1, 0.15) is 12.4 Å². The van der Waals surface area contributed by atoms with Crippen LogP contribution in [0.5, 0.6) is 5.75 Å². The quantitative estimate of drug-likeness (QED) is 0.826. The van der Waals surface area contributed by atoms with Gasteiger partial charge in [0.05, 0.1) is 0 Å². The van der Waals surface area contributed by atoms with Crippen LogP contribution in [-0.4, -0.2) is 30.6 Å². The summed E-state index contributed by atoms with van der Waals surface area (Å²) in [5.74, 6) is 0.977. The Morgan fingerprint density at radius 3 is 2.58 bits per heavy atom. The van der Waals surface area contributed by atoms with Gasteiger partial charge in [-0.15, -0.1) is 0 Å². The molecule has 2 aromatic rings. The molecule has 0 N–H and O–H groups in total. The fourth-order valence-corrected chi connectivity index (χ4v) is 2.76. The lowest BCUT2D eigenvalue weighted by Gasteiger charge is -2.23. The minimum absolute atomic E-state index is 0.508. The van der Waals surface area contributed by atoms with Crippen LogP contribution in [0.3, 0.4) is 0 Å². The highest BCUT2D eigenvalue weighted by Gasteiger charge is 2.18. The van der Waals surface area contributed by atoms with Crippen LogP contribution >= 0.6 is 0 Å². The van der Waals surface area contributed by atoms with Crippen LogP contribution < -0.4 is 4.74 Å². The van der Waals surface area contributed by atoms with Gasteiger partial charge in [-0.05, 0) is 55.8 Å². The molecular formula is C17H21NO. The molecule has 100 valence electrons. The van der Waals surface area contributed by atoms with E-state index in [2.05, 4.69) is 54.3 Å². The van der Waals surface area contributed by atoms with Crippen LogP contribution in [0, 0.1) is 0 Å². The summed E-state index contributed by atoms with van der Waals surface area (Å²) in [6, 6.07) is 15.2. The summed E-state index contributed by atoms with van der Waals surface area (Å²) in [6.45, 7) is 5.48. The van der Waals surface area contributed by atoms with Crippen molar-refractivity contribution in [2.75, 3.05) is 19.7 Å². The van der Waals surface area contributed by atoms with Gasteiger partial charge in [-0.25, -0.2) is 0 Å². The maximum absolute atomic E-state index is 5.95. The first-order valence-electron chi connectivity index (χ1n) is 7.18. The highest BCUT2D eigenvalue weighted by molar-refractivity contribution is 5.83. The minimum atomic E-state index is 0.508. The van der Waals surface area contributed by atoms with E-state index in [0.717, 1.165) is 12.4 Å². The van der Waals surface area contributed by atoms with Gasteiger partial charge >= 0.3 is 0 Å². The van der Waals surface area contributed by atoms with Gasteiger partial charge in [-0.2, -0.15) is 0 Å². The first-order valence-corrected chi connectivity index (χ1v) is 7.18. The Labute approximate surface area is 115 Å². The van der Waals surface area contributed by atoms with Crippen LogP contribution in [0.25, 0.3) is 10.8 Å². The number of rotatable bonds is 4. The first-order chi connectivity index (χ1) is 9.33. The molecule has 0 amide bonds. The molecule has 0 unspecified atom stereocenters. The first kappa shape index (κ1) is 12.5. The average molecular weight is 255 g/mol. The SMILES string of the molecule is C[C@@H](COc1ccc2ccccc2c1)N1CCCC1. The van der Waals surface area contributed by atoms with Crippen molar-refractivity contribution in [2.24, 2.45) is 0 Å². The predicted octanol–water partition coefficient (Wildman–Crippen LogP) is 3.70. The van der Waals surface area contributed by atoms with E-state index in [0.29, 0.717) is 6.04 Å². The van der Waals surface area contributed by atoms with E-state index >= 15 is 0 Å². The van der Waals surface area contributed by atoms with Gasteiger partial charge in [-0.3, -0.25) is 4.90 Å². The Bertz CT molecular complexity index is 546. The second-order valence-corrected chi connectivity index (χ2v) is 5.41. The Kier molecular flexibility index (Phi) is 3.69. The van der Waals surface area contributed by atoms with E-state index in [1.807, 2.05) is 0 Å². The second-order valence-electron chi connectivity index (χ2n) is 5.41. The summed E-state index contributed by atoms with van der Waals surface area (Å²) in [4.78, 5) is 2.51. The van der Waals surface area contributed by atoms with Crippen LogP contribution in [0.15, 0.2) is 42.5 Å². The smallest absolute Gasteiger partial charge is 0.120 e. The minimum Gasteiger partial charge on any atom is -0.492 e. The molecule has 2 heteroatoms. The Balaban J connectivity index is 1.64. The second kappa shape index (κ2) is 5.62. The van der Waals surface area contributed by atoms with Gasteiger partial charge < -0.3 is 4.74 Å². The molecule has 1 saturated heterocycles. The standard InChI is InChI=1S/C17H21NO/c1-14(18-10-4-5-11-18)13-19-17-9-8-15-6-2-3-7-16(15)12-17/h2-3,6-9,12,14H,4-5,10-11,13H2,1H3/t14-/m0/s1. The maximum atomic E-state index is 5.95. The zero-order valence-electron chi connectivity index (χ0n) is 11.5. The Morgan fingerprint density at radius 2 is 1.79 bits per heavy atom. The molecule has 19 heavy (non-hydrogen) atoms. The van der Waals surface area contributed by atoms with Gasteiger partial charge in [0.25, 0.3) is 0 Å². The van der Waals surface area contributed by atoms with Crippen molar-refractivity contribution in [1.29, 1.82) is 0 Å². The fourth-order valence-electron chi connectivity index (χ4n) is 2.76. The lowest BCUT2D eigenvalue weighted by molar-refractivity contribution is 0.173. The normalized spacial score (nSPS) is 17.7. The largest absolute Gasteiger partial charge is 0.492 e. The number of likely N-dealkylation sites (tertiary alicyclic amines) is 1. The van der Waals surface area contributed by atoms with Crippen molar-refractivity contribution in [3.63, 3.8) is 0 Å². The van der Waals surface area contributed by atoms with Crippen molar-refractivity contribution in [2.45, 2.75) is 25.8 Å². The zero-order chi connectivity index (χ0) is 13.1. The number of hydrogen-bond acceptors (Lipinski definition) is 2. The molecule has 0 aromatic heterocycles. The number of nitrogens with zero attached hydrogens (tertiary/aromatic N) is 1. The van der Waals surface area contributed by atoms with Gasteiger partial charge in [0.2, 0.25) is 0 Å². The van der Waals surface area contributed by atoms with E-state index < -0.39 is 0 Å². The number of benzene rings is 2. The lowest BCUT2D eigenvalue weighted by atomic mass is 10.1. The third kappa shape index (κ3) is 2.90. The molecule has 1 atom stereocenters. The van der Waals surface area contributed by atoms with Gasteiger partial charge in [0, 0.05) is 6.04 Å². The van der Waals surface area contributed by atoms with E-state index in [-0.39, 0.29) is 0 Å². The van der Waals surface area contributed by atoms with Crippen LogP contribution in [0.2, 0.25) is 0 Å². The molecule has 2 aromatic carbocycles. The number of ether oxygens (including phenoxy) is 1. The summed E-state index contributed by atoms with van der Waals surface area (Å²) in [6.07, 6.45) is 2.67. The van der Waals surface area contributed by atoms with E-state index in [1.165, 1.54) is 36.7 Å². The van der Waals surface area contributed by atoms with Crippen molar-refractivity contribution in [3.8, 4) is 5.75 Å². The molecule has 1 aliphatic rings. The number of hydrogen-bond donors (Lipinski definition) is 0. The molecule has 3 rings (SSSR count). The maximum Gasteiger partial charge on any atom is 0.120 e. The highest BCUT2D eigenvalue weighted by atomic mass is 16.5. The van der Waals surface area contributed by atoms with Gasteiger partial charge in [0.15, 0.2) is 0 Å². The molecule has 0 radical (unpaired) electrons. The molecule has 0 aliphatic carbocycles. The average Bonchev–Trinajstić information content (AvgIpc) is 2.99. The van der Waals surface area contributed by atoms with Crippen LogP contribution in [0.4, 0.5) is 0 Å². The van der Waals surface area contributed by atoms with E-state index in [4.69, 9.17) is 4.74 Å². The molecule has 2 nitrogen and oxygen atoms in total. The summed E-state index contributed by atoms with van der Waals surface area (Å²) >= 11 is 0. The molecule has 1 aliphatic heterocycles. The summed E-state index contributed by atoms with van der Waals surface area (Å²) < 4.78 is 5.95. The Hall–Kier alpha value is -1.54. The molecule has 1 heterocycles. The van der Waals surface area contributed by atoms with E-state index in [9.17, 15) is 0 Å². The van der Waals surface area contributed by atoms with E-state index in [1.54, 1.807) is 0 Å². The lowest BCUT2D eigenvalue weighted by Crippen LogP contribution is -2.34. The molecule has 0 spiro atoms. The highest BCUT2D eigenvalue weighted by Crippen LogP contribution is 2.21. The van der Waals surface area contributed by atoms with Crippen molar-refractivity contribution in [3.05, 3.63) is 42.5 Å². The predicted molar refractivity (Wildman–Crippen MR) is 79.7 cm³/mol. The topological polar surface area (TPSA) is 12.5 Å². The van der Waals surface area contributed by atoms with Crippen LogP contribution in [-0.2, 0) is 0 Å². The summed E-state index contributed by atoms with van der Waals surface area (Å²) in [5.41, 5.74) is 0. The van der Waals surface area contributed by atoms with Crippen molar-refractivity contribution in [1.82, 2.24) is 4.90 Å². The zero-order valence-corrected chi connectivity index (χ0v) is 11.5. The third-order valence-electron chi connectivity index (χ3n) is 3.98. The third-order valence-corrected chi connectivity index (χ3v) is 3.98. The molecule has 0 saturated carbocycles. The van der Waals surface area contributed by atoms with Crippen LogP contribution in [0.1, 0.15) is 19.8 Å². The summed E-state index contributed by atoms with van der Waals surface area (Å²) in [7, 11) is 0.